The third kappa shape index (κ3) is 5.51. The number of carbonyl (C=O) groups excluding carboxylic acids is 2. The number of fused-ring (bicyclic) bond motifs is 1. The number of hydrogen-bond acceptors (Lipinski definition) is 3. The number of likely N-dealkylation sites (N-methyl/N-ethyl adjacent to an activating group) is 1. The van der Waals surface area contributed by atoms with Gasteiger partial charge in [0.2, 0.25) is 5.91 Å². The van der Waals surface area contributed by atoms with Crippen molar-refractivity contribution in [3.8, 4) is 0 Å². The SMILES string of the molecule is CC(=O)[C@@H](Cc1ccccc1)NC(=O)CN(C)Cc1ccc2ccccc2c1. The third-order valence-corrected chi connectivity index (χ3v) is 4.79. The van der Waals surface area contributed by atoms with Crippen LogP contribution in [-0.2, 0) is 22.6 Å². The largest absolute Gasteiger partial charge is 0.345 e. The van der Waals surface area contributed by atoms with Gasteiger partial charge in [0, 0.05) is 6.54 Å². The number of ketones is 1. The summed E-state index contributed by atoms with van der Waals surface area (Å²) in [5.74, 6) is -0.172. The monoisotopic (exact) mass is 374 g/mol. The highest BCUT2D eigenvalue weighted by Crippen LogP contribution is 2.16. The van der Waals surface area contributed by atoms with Gasteiger partial charge in [-0.1, -0.05) is 66.7 Å². The topological polar surface area (TPSA) is 49.4 Å². The molecular formula is C24H26N2O2. The average molecular weight is 374 g/mol. The maximum absolute atomic E-state index is 12.5. The number of benzene rings is 3. The average Bonchev–Trinajstić information content (AvgIpc) is 2.68. The van der Waals surface area contributed by atoms with Gasteiger partial charge in [-0.25, -0.2) is 0 Å². The molecule has 0 aliphatic rings. The highest BCUT2D eigenvalue weighted by atomic mass is 16.2. The molecule has 4 nitrogen and oxygen atoms in total. The Morgan fingerprint density at radius 1 is 0.893 bits per heavy atom. The van der Waals surface area contributed by atoms with E-state index in [1.54, 1.807) is 0 Å². The van der Waals surface area contributed by atoms with Gasteiger partial charge >= 0.3 is 0 Å². The number of Topliss-reactive ketones (excluding diaryl/α,β-unsaturated/α-hetero) is 1. The van der Waals surface area contributed by atoms with Gasteiger partial charge in [-0.2, -0.15) is 0 Å². The molecule has 0 aliphatic carbocycles. The molecular weight excluding hydrogens is 348 g/mol. The van der Waals surface area contributed by atoms with E-state index in [0.717, 1.165) is 11.1 Å². The Bertz CT molecular complexity index is 953. The molecule has 144 valence electrons. The normalized spacial score (nSPS) is 12.1. The molecule has 1 N–H and O–H groups in total. The summed E-state index contributed by atoms with van der Waals surface area (Å²) < 4.78 is 0. The molecule has 3 aromatic rings. The van der Waals surface area contributed by atoms with Crippen molar-refractivity contribution in [2.45, 2.75) is 25.9 Å². The molecule has 0 fully saturated rings. The Hall–Kier alpha value is -2.98. The first-order valence-electron chi connectivity index (χ1n) is 9.51. The molecule has 0 radical (unpaired) electrons. The number of amides is 1. The van der Waals surface area contributed by atoms with Crippen LogP contribution >= 0.6 is 0 Å². The van der Waals surface area contributed by atoms with Crippen LogP contribution < -0.4 is 5.32 Å². The molecule has 0 bridgehead atoms. The van der Waals surface area contributed by atoms with Crippen LogP contribution in [0.1, 0.15) is 18.1 Å². The summed E-state index contributed by atoms with van der Waals surface area (Å²) in [6.07, 6.45) is 0.510. The first-order chi connectivity index (χ1) is 13.5. The fraction of sp³-hybridized carbons (Fsp3) is 0.250. The van der Waals surface area contributed by atoms with Crippen LogP contribution in [0.3, 0.4) is 0 Å². The highest BCUT2D eigenvalue weighted by Gasteiger charge is 2.18. The van der Waals surface area contributed by atoms with Crippen molar-refractivity contribution in [2.75, 3.05) is 13.6 Å². The van der Waals surface area contributed by atoms with E-state index in [4.69, 9.17) is 0 Å². The van der Waals surface area contributed by atoms with Crippen LogP contribution in [0.4, 0.5) is 0 Å². The number of hydrogen-bond donors (Lipinski definition) is 1. The molecule has 3 rings (SSSR count). The minimum absolute atomic E-state index is 0.0330. The smallest absolute Gasteiger partial charge is 0.234 e. The van der Waals surface area contributed by atoms with Crippen molar-refractivity contribution in [3.63, 3.8) is 0 Å². The van der Waals surface area contributed by atoms with Crippen molar-refractivity contribution in [3.05, 3.63) is 83.9 Å². The lowest BCUT2D eigenvalue weighted by Gasteiger charge is -2.20. The standard InChI is InChI=1S/C24H26N2O2/c1-18(27)23(15-19-8-4-3-5-9-19)25-24(28)17-26(2)16-20-12-13-21-10-6-7-11-22(21)14-20/h3-14,23H,15-17H2,1-2H3,(H,25,28)/t23-/m1/s1. The second-order valence-corrected chi connectivity index (χ2v) is 7.27. The Morgan fingerprint density at radius 2 is 1.57 bits per heavy atom. The second kappa shape index (κ2) is 9.29. The van der Waals surface area contributed by atoms with Gasteiger partial charge in [-0.05, 0) is 48.4 Å². The summed E-state index contributed by atoms with van der Waals surface area (Å²) in [4.78, 5) is 26.4. The molecule has 4 heteroatoms. The molecule has 0 aromatic heterocycles. The fourth-order valence-corrected chi connectivity index (χ4v) is 3.34. The lowest BCUT2D eigenvalue weighted by Crippen LogP contribution is -2.45. The molecule has 1 atom stereocenters. The zero-order valence-corrected chi connectivity index (χ0v) is 16.4. The molecule has 0 saturated heterocycles. The van der Waals surface area contributed by atoms with Crippen molar-refractivity contribution in [2.24, 2.45) is 0 Å². The predicted octanol–water partition coefficient (Wildman–Crippen LogP) is 3.59. The maximum atomic E-state index is 12.5. The molecule has 28 heavy (non-hydrogen) atoms. The summed E-state index contributed by atoms with van der Waals surface area (Å²) in [5.41, 5.74) is 2.19. The summed E-state index contributed by atoms with van der Waals surface area (Å²) in [7, 11) is 1.91. The number of nitrogens with zero attached hydrogens (tertiary/aromatic N) is 1. The van der Waals surface area contributed by atoms with Gasteiger partial charge in [0.1, 0.15) is 0 Å². The van der Waals surface area contributed by atoms with E-state index < -0.39 is 6.04 Å². The minimum atomic E-state index is -0.496. The van der Waals surface area contributed by atoms with Crippen LogP contribution in [0.2, 0.25) is 0 Å². The molecule has 0 heterocycles. The molecule has 0 aliphatic heterocycles. The third-order valence-electron chi connectivity index (χ3n) is 4.79. The van der Waals surface area contributed by atoms with E-state index >= 15 is 0 Å². The van der Waals surface area contributed by atoms with Crippen LogP contribution in [0.15, 0.2) is 72.8 Å². The van der Waals surface area contributed by atoms with Crippen LogP contribution in [0, 0.1) is 0 Å². The van der Waals surface area contributed by atoms with Crippen molar-refractivity contribution in [1.82, 2.24) is 10.2 Å². The predicted molar refractivity (Wildman–Crippen MR) is 113 cm³/mol. The zero-order chi connectivity index (χ0) is 19.9. The Kier molecular flexibility index (Phi) is 6.56. The van der Waals surface area contributed by atoms with Gasteiger partial charge in [-0.3, -0.25) is 14.5 Å². The lowest BCUT2D eigenvalue weighted by molar-refractivity contribution is -0.127. The van der Waals surface area contributed by atoms with Crippen LogP contribution in [0.5, 0.6) is 0 Å². The summed E-state index contributed by atoms with van der Waals surface area (Å²) in [5, 5.41) is 5.28. The zero-order valence-electron chi connectivity index (χ0n) is 16.4. The molecule has 0 unspecified atom stereocenters. The second-order valence-electron chi connectivity index (χ2n) is 7.27. The van der Waals surface area contributed by atoms with Gasteiger partial charge in [0.25, 0.3) is 0 Å². The summed E-state index contributed by atoms with van der Waals surface area (Å²) in [6.45, 7) is 2.43. The minimum Gasteiger partial charge on any atom is -0.345 e. The number of rotatable bonds is 8. The Morgan fingerprint density at radius 3 is 2.29 bits per heavy atom. The van der Waals surface area contributed by atoms with Gasteiger partial charge in [0.05, 0.1) is 12.6 Å². The quantitative estimate of drug-likeness (QED) is 0.656. The Balaban J connectivity index is 1.56. The van der Waals surface area contributed by atoms with Crippen LogP contribution in [0.25, 0.3) is 10.8 Å². The van der Waals surface area contributed by atoms with E-state index in [2.05, 4.69) is 35.6 Å². The van der Waals surface area contributed by atoms with E-state index in [9.17, 15) is 9.59 Å². The molecule has 3 aromatic carbocycles. The van der Waals surface area contributed by atoms with Crippen molar-refractivity contribution in [1.29, 1.82) is 0 Å². The lowest BCUT2D eigenvalue weighted by atomic mass is 10.0. The van der Waals surface area contributed by atoms with Crippen molar-refractivity contribution >= 4 is 22.5 Å². The number of nitrogens with one attached hydrogen (secondary N) is 1. The maximum Gasteiger partial charge on any atom is 0.234 e. The van der Waals surface area contributed by atoms with E-state index in [1.807, 2.05) is 54.4 Å². The summed E-state index contributed by atoms with van der Waals surface area (Å²) in [6, 6.07) is 23.8. The molecule has 0 spiro atoms. The Labute approximate surface area is 166 Å². The van der Waals surface area contributed by atoms with Gasteiger partial charge < -0.3 is 5.32 Å². The fourth-order valence-electron chi connectivity index (χ4n) is 3.34. The molecule has 0 saturated carbocycles. The van der Waals surface area contributed by atoms with Crippen LogP contribution in [-0.4, -0.2) is 36.2 Å². The molecule has 1 amide bonds. The van der Waals surface area contributed by atoms with E-state index in [-0.39, 0.29) is 18.2 Å². The van der Waals surface area contributed by atoms with E-state index in [1.165, 1.54) is 17.7 Å². The number of carbonyl (C=O) groups is 2. The first kappa shape index (κ1) is 19.8. The van der Waals surface area contributed by atoms with Gasteiger partial charge in [0.15, 0.2) is 5.78 Å². The van der Waals surface area contributed by atoms with Gasteiger partial charge in [-0.15, -0.1) is 0 Å². The van der Waals surface area contributed by atoms with Crippen molar-refractivity contribution < 1.29 is 9.59 Å². The van der Waals surface area contributed by atoms with E-state index in [0.29, 0.717) is 13.0 Å². The first-order valence-corrected chi connectivity index (χ1v) is 9.51. The summed E-state index contributed by atoms with van der Waals surface area (Å²) >= 11 is 0. The highest BCUT2D eigenvalue weighted by molar-refractivity contribution is 5.88.